The minimum Gasteiger partial charge on any atom is -0.324 e. The van der Waals surface area contributed by atoms with E-state index in [0.29, 0.717) is 25.9 Å². The molecule has 1 aromatic rings. The molecule has 144 valence electrons. The van der Waals surface area contributed by atoms with E-state index in [1.54, 1.807) is 25.7 Å². The van der Waals surface area contributed by atoms with Crippen molar-refractivity contribution in [3.63, 3.8) is 0 Å². The number of fused-ring (bicyclic) bond motifs is 1. The van der Waals surface area contributed by atoms with Crippen LogP contribution in [-0.2, 0) is 22.9 Å². The van der Waals surface area contributed by atoms with Gasteiger partial charge in [-0.1, -0.05) is 6.07 Å². The Balaban J connectivity index is 1.52. The van der Waals surface area contributed by atoms with Crippen molar-refractivity contribution >= 4 is 21.7 Å². The molecule has 1 aliphatic heterocycles. The maximum absolute atomic E-state index is 12.5. The average molecular weight is 380 g/mol. The molecule has 6 nitrogen and oxygen atoms in total. The van der Waals surface area contributed by atoms with Crippen LogP contribution in [0.4, 0.5) is 10.5 Å². The monoisotopic (exact) mass is 379 g/mol. The summed E-state index contributed by atoms with van der Waals surface area (Å²) < 4.78 is 26.5. The molecule has 1 saturated heterocycles. The molecule has 2 amide bonds. The number of piperidine rings is 1. The highest BCUT2D eigenvalue weighted by molar-refractivity contribution is 7.90. The quantitative estimate of drug-likeness (QED) is 0.848. The second kappa shape index (κ2) is 7.19. The molecule has 0 atom stereocenters. The number of nitrogens with one attached hydrogen (secondary N) is 2. The van der Waals surface area contributed by atoms with Crippen LogP contribution in [0.1, 0.15) is 51.2 Å². The fourth-order valence-corrected chi connectivity index (χ4v) is 4.48. The van der Waals surface area contributed by atoms with E-state index in [1.165, 1.54) is 17.5 Å². The molecule has 0 aromatic heterocycles. The average Bonchev–Trinajstić information content (AvgIpc) is 3.01. The van der Waals surface area contributed by atoms with Gasteiger partial charge in [-0.25, -0.2) is 17.9 Å². The van der Waals surface area contributed by atoms with Crippen molar-refractivity contribution in [2.24, 2.45) is 0 Å². The van der Waals surface area contributed by atoms with Crippen molar-refractivity contribution in [3.8, 4) is 0 Å². The topological polar surface area (TPSA) is 78.5 Å². The fourth-order valence-electron chi connectivity index (χ4n) is 3.45. The van der Waals surface area contributed by atoms with E-state index in [9.17, 15) is 13.2 Å². The molecular formula is C19H29N3O3S. The maximum Gasteiger partial charge on any atom is 0.321 e. The normalized spacial score (nSPS) is 18.7. The maximum atomic E-state index is 12.5. The number of carbonyl (C=O) groups is 1. The number of rotatable bonds is 3. The van der Waals surface area contributed by atoms with Gasteiger partial charge in [-0.05, 0) is 76.1 Å². The summed E-state index contributed by atoms with van der Waals surface area (Å²) in [5, 5.41) is 2.98. The molecule has 0 bridgehead atoms. The van der Waals surface area contributed by atoms with Crippen molar-refractivity contribution in [1.82, 2.24) is 9.62 Å². The summed E-state index contributed by atoms with van der Waals surface area (Å²) in [5.74, 6) is 0. The summed E-state index contributed by atoms with van der Waals surface area (Å²) in [5.41, 5.74) is 3.55. The van der Waals surface area contributed by atoms with Crippen LogP contribution in [0.5, 0.6) is 0 Å². The molecule has 2 N–H and O–H groups in total. The predicted octanol–water partition coefficient (Wildman–Crippen LogP) is 2.89. The first-order valence-electron chi connectivity index (χ1n) is 9.35. The fraction of sp³-hybridized carbons (Fsp3) is 0.632. The highest BCUT2D eigenvalue weighted by Crippen LogP contribution is 2.25. The number of likely N-dealkylation sites (tertiary alicyclic amines) is 1. The van der Waals surface area contributed by atoms with E-state index in [1.807, 2.05) is 6.07 Å². The van der Waals surface area contributed by atoms with Gasteiger partial charge in [-0.2, -0.15) is 0 Å². The lowest BCUT2D eigenvalue weighted by atomic mass is 10.1. The van der Waals surface area contributed by atoms with Crippen LogP contribution in [0.2, 0.25) is 0 Å². The molecule has 0 radical (unpaired) electrons. The first kappa shape index (κ1) is 19.2. The van der Waals surface area contributed by atoms with E-state index < -0.39 is 14.8 Å². The lowest BCUT2D eigenvalue weighted by Gasteiger charge is -2.33. The first-order valence-corrected chi connectivity index (χ1v) is 10.8. The van der Waals surface area contributed by atoms with Crippen molar-refractivity contribution in [2.75, 3.05) is 18.4 Å². The third-order valence-corrected chi connectivity index (χ3v) is 7.52. The van der Waals surface area contributed by atoms with Gasteiger partial charge in [0.2, 0.25) is 10.0 Å². The number of benzene rings is 1. The number of nitrogens with zero attached hydrogens (tertiary/aromatic N) is 1. The molecule has 2 aliphatic rings. The van der Waals surface area contributed by atoms with Gasteiger partial charge < -0.3 is 10.2 Å². The van der Waals surface area contributed by atoms with Crippen molar-refractivity contribution in [2.45, 2.75) is 63.7 Å². The molecule has 26 heavy (non-hydrogen) atoms. The minimum absolute atomic E-state index is 0.108. The SMILES string of the molecule is CC(C)(C)S(=O)(=O)NC1CCN(C(=O)Nc2ccc3c(c2)CCC3)CC1. The molecule has 1 heterocycles. The van der Waals surface area contributed by atoms with E-state index in [-0.39, 0.29) is 12.1 Å². The Bertz CT molecular complexity index is 776. The van der Waals surface area contributed by atoms with E-state index in [0.717, 1.165) is 18.5 Å². The summed E-state index contributed by atoms with van der Waals surface area (Å²) in [6, 6.07) is 5.92. The summed E-state index contributed by atoms with van der Waals surface area (Å²) in [6.45, 7) is 6.17. The van der Waals surface area contributed by atoms with Crippen LogP contribution in [0, 0.1) is 0 Å². The third-order valence-electron chi connectivity index (χ3n) is 5.26. The lowest BCUT2D eigenvalue weighted by Crippen LogP contribution is -2.50. The number of sulfonamides is 1. The van der Waals surface area contributed by atoms with Gasteiger partial charge in [0.15, 0.2) is 0 Å². The molecule has 0 saturated carbocycles. The summed E-state index contributed by atoms with van der Waals surface area (Å²) in [6.07, 6.45) is 4.66. The summed E-state index contributed by atoms with van der Waals surface area (Å²) in [7, 11) is -3.36. The molecule has 1 aliphatic carbocycles. The van der Waals surface area contributed by atoms with Crippen LogP contribution in [0.3, 0.4) is 0 Å². The largest absolute Gasteiger partial charge is 0.324 e. The van der Waals surface area contributed by atoms with E-state index >= 15 is 0 Å². The molecular weight excluding hydrogens is 350 g/mol. The molecule has 0 spiro atoms. The Hall–Kier alpha value is -1.60. The number of anilines is 1. The van der Waals surface area contributed by atoms with Gasteiger partial charge in [0.05, 0.1) is 4.75 Å². The van der Waals surface area contributed by atoms with Crippen molar-refractivity contribution in [3.05, 3.63) is 29.3 Å². The van der Waals surface area contributed by atoms with Gasteiger partial charge in [0.25, 0.3) is 0 Å². The Labute approximate surface area is 156 Å². The Morgan fingerprint density at radius 3 is 2.42 bits per heavy atom. The number of amides is 2. The van der Waals surface area contributed by atoms with Crippen molar-refractivity contribution < 1.29 is 13.2 Å². The van der Waals surface area contributed by atoms with Gasteiger partial charge in [-0.3, -0.25) is 0 Å². The first-order chi connectivity index (χ1) is 12.2. The predicted molar refractivity (Wildman–Crippen MR) is 104 cm³/mol. The van der Waals surface area contributed by atoms with Gasteiger partial charge in [-0.15, -0.1) is 0 Å². The zero-order valence-electron chi connectivity index (χ0n) is 15.8. The molecule has 3 rings (SSSR count). The standard InChI is InChI=1S/C19H29N3O3S/c1-19(2,3)26(24,25)21-16-9-11-22(12-10-16)18(23)20-17-8-7-14-5-4-6-15(14)13-17/h7-8,13,16,21H,4-6,9-12H2,1-3H3,(H,20,23). The molecule has 1 fully saturated rings. The van der Waals surface area contributed by atoms with Crippen LogP contribution in [-0.4, -0.2) is 43.2 Å². The zero-order chi connectivity index (χ0) is 18.9. The summed E-state index contributed by atoms with van der Waals surface area (Å²) in [4.78, 5) is 14.3. The Morgan fingerprint density at radius 2 is 1.77 bits per heavy atom. The van der Waals surface area contributed by atoms with Gasteiger partial charge in [0, 0.05) is 24.8 Å². The van der Waals surface area contributed by atoms with E-state index in [4.69, 9.17) is 0 Å². The number of carbonyl (C=O) groups excluding carboxylic acids is 1. The van der Waals surface area contributed by atoms with Crippen LogP contribution in [0.15, 0.2) is 18.2 Å². The lowest BCUT2D eigenvalue weighted by molar-refractivity contribution is 0.193. The highest BCUT2D eigenvalue weighted by atomic mass is 32.2. The van der Waals surface area contributed by atoms with Crippen LogP contribution < -0.4 is 10.0 Å². The van der Waals surface area contributed by atoms with Crippen molar-refractivity contribution in [1.29, 1.82) is 0 Å². The second-order valence-corrected chi connectivity index (χ2v) is 10.7. The number of urea groups is 1. The number of hydrogen-bond acceptors (Lipinski definition) is 3. The van der Waals surface area contributed by atoms with E-state index in [2.05, 4.69) is 22.2 Å². The highest BCUT2D eigenvalue weighted by Gasteiger charge is 2.33. The summed E-state index contributed by atoms with van der Waals surface area (Å²) >= 11 is 0. The molecule has 1 aromatic carbocycles. The Morgan fingerprint density at radius 1 is 1.12 bits per heavy atom. The third kappa shape index (κ3) is 4.20. The number of aryl methyl sites for hydroxylation is 2. The van der Waals surface area contributed by atoms with Crippen LogP contribution in [0.25, 0.3) is 0 Å². The molecule has 7 heteroatoms. The zero-order valence-corrected chi connectivity index (χ0v) is 16.7. The number of hydrogen-bond donors (Lipinski definition) is 2. The van der Waals surface area contributed by atoms with Gasteiger partial charge in [0.1, 0.15) is 0 Å². The van der Waals surface area contributed by atoms with Crippen LogP contribution >= 0.6 is 0 Å². The minimum atomic E-state index is -3.36. The smallest absolute Gasteiger partial charge is 0.321 e. The Kier molecular flexibility index (Phi) is 5.30. The van der Waals surface area contributed by atoms with Gasteiger partial charge >= 0.3 is 6.03 Å². The second-order valence-electron chi connectivity index (χ2n) is 8.26. The molecule has 0 unspecified atom stereocenters.